The van der Waals surface area contributed by atoms with Crippen molar-refractivity contribution in [3.8, 4) is 0 Å². The van der Waals surface area contributed by atoms with Gasteiger partial charge in [-0.15, -0.1) is 0 Å². The third-order valence-electron chi connectivity index (χ3n) is 5.55. The molecule has 1 aliphatic heterocycles. The summed E-state index contributed by atoms with van der Waals surface area (Å²) >= 11 is 0. The number of piperidine rings is 1. The Morgan fingerprint density at radius 3 is 2.42 bits per heavy atom. The Morgan fingerprint density at radius 2 is 1.75 bits per heavy atom. The number of likely N-dealkylation sites (tertiary alicyclic amines) is 1. The lowest BCUT2D eigenvalue weighted by molar-refractivity contribution is 0.0933. The number of nitrogens with one attached hydrogen (secondary N) is 1. The average molecular weight is 329 g/mol. The van der Waals surface area contributed by atoms with Gasteiger partial charge in [0, 0.05) is 24.7 Å². The summed E-state index contributed by atoms with van der Waals surface area (Å²) in [6.07, 6.45) is 10.1. The summed E-state index contributed by atoms with van der Waals surface area (Å²) in [6, 6.07) is 8.61. The molecule has 1 aromatic carbocycles. The molecule has 1 saturated heterocycles. The predicted molar refractivity (Wildman–Crippen MR) is 99.1 cm³/mol. The zero-order valence-corrected chi connectivity index (χ0v) is 15.1. The quantitative estimate of drug-likeness (QED) is 0.832. The van der Waals surface area contributed by atoms with E-state index in [1.54, 1.807) is 0 Å². The fraction of sp³-hybridized carbons (Fsp3) is 0.667. The highest BCUT2D eigenvalue weighted by molar-refractivity contribution is 5.94. The first-order chi connectivity index (χ1) is 11.7. The van der Waals surface area contributed by atoms with Crippen LogP contribution in [-0.2, 0) is 6.54 Å². The maximum Gasteiger partial charge on any atom is 0.251 e. The fourth-order valence-electron chi connectivity index (χ4n) is 4.14. The number of carbonyl (C=O) groups is 1. The monoisotopic (exact) mass is 328 g/mol. The summed E-state index contributed by atoms with van der Waals surface area (Å²) in [5.41, 5.74) is 2.12. The first-order valence-electron chi connectivity index (χ1n) is 9.83. The van der Waals surface area contributed by atoms with Crippen LogP contribution in [0.25, 0.3) is 0 Å². The Labute approximate surface area is 146 Å². The maximum atomic E-state index is 12.4. The number of benzene rings is 1. The van der Waals surface area contributed by atoms with Crippen molar-refractivity contribution in [2.24, 2.45) is 5.92 Å². The topological polar surface area (TPSA) is 32.3 Å². The molecule has 1 N–H and O–H groups in total. The average Bonchev–Trinajstić information content (AvgIpc) is 2.84. The van der Waals surface area contributed by atoms with Gasteiger partial charge in [-0.2, -0.15) is 0 Å². The predicted octanol–water partition coefficient (Wildman–Crippen LogP) is 4.37. The van der Waals surface area contributed by atoms with Gasteiger partial charge in [-0.25, -0.2) is 0 Å². The highest BCUT2D eigenvalue weighted by atomic mass is 16.1. The minimum Gasteiger partial charge on any atom is -0.349 e. The van der Waals surface area contributed by atoms with Gasteiger partial charge in [0.2, 0.25) is 0 Å². The highest BCUT2D eigenvalue weighted by Gasteiger charge is 2.17. The number of hydrogen-bond donors (Lipinski definition) is 1. The van der Waals surface area contributed by atoms with Crippen molar-refractivity contribution in [2.75, 3.05) is 13.1 Å². The van der Waals surface area contributed by atoms with Gasteiger partial charge in [-0.1, -0.05) is 44.7 Å². The third kappa shape index (κ3) is 5.07. The molecular weight excluding hydrogens is 296 g/mol. The molecule has 1 unspecified atom stereocenters. The second kappa shape index (κ2) is 8.66. The van der Waals surface area contributed by atoms with Crippen LogP contribution in [0.2, 0.25) is 0 Å². The molecule has 1 amide bonds. The van der Waals surface area contributed by atoms with Crippen molar-refractivity contribution in [3.05, 3.63) is 35.4 Å². The van der Waals surface area contributed by atoms with Gasteiger partial charge in [0.05, 0.1) is 0 Å². The lowest BCUT2D eigenvalue weighted by Crippen LogP contribution is -2.34. The lowest BCUT2D eigenvalue weighted by atomic mass is 9.99. The molecule has 2 fully saturated rings. The highest BCUT2D eigenvalue weighted by Crippen LogP contribution is 2.19. The zero-order chi connectivity index (χ0) is 16.8. The molecule has 3 rings (SSSR count). The number of hydrogen-bond acceptors (Lipinski definition) is 2. The zero-order valence-electron chi connectivity index (χ0n) is 15.1. The van der Waals surface area contributed by atoms with E-state index < -0.39 is 0 Å². The van der Waals surface area contributed by atoms with Crippen LogP contribution >= 0.6 is 0 Å². The van der Waals surface area contributed by atoms with E-state index in [9.17, 15) is 4.79 Å². The Hall–Kier alpha value is -1.35. The lowest BCUT2D eigenvalue weighted by Gasteiger charge is -2.30. The van der Waals surface area contributed by atoms with Crippen LogP contribution in [0.5, 0.6) is 0 Å². The number of nitrogens with zero attached hydrogens (tertiary/aromatic N) is 1. The molecule has 1 heterocycles. The molecule has 132 valence electrons. The van der Waals surface area contributed by atoms with Gasteiger partial charge >= 0.3 is 0 Å². The van der Waals surface area contributed by atoms with Crippen LogP contribution in [0, 0.1) is 5.92 Å². The Morgan fingerprint density at radius 1 is 1.04 bits per heavy atom. The Kier molecular flexibility index (Phi) is 6.30. The van der Waals surface area contributed by atoms with E-state index in [1.165, 1.54) is 57.2 Å². The summed E-state index contributed by atoms with van der Waals surface area (Å²) in [5.74, 6) is 0.906. The van der Waals surface area contributed by atoms with Crippen molar-refractivity contribution in [1.82, 2.24) is 10.2 Å². The van der Waals surface area contributed by atoms with Gasteiger partial charge < -0.3 is 5.32 Å². The molecule has 3 heteroatoms. The van der Waals surface area contributed by atoms with Gasteiger partial charge in [-0.05, 0) is 55.8 Å². The molecule has 1 aromatic rings. The van der Waals surface area contributed by atoms with Gasteiger partial charge in [0.1, 0.15) is 0 Å². The SMILES string of the molecule is CC1CCCN(Cc2ccc(C(=O)NC3CCCCCC3)cc2)C1. The van der Waals surface area contributed by atoms with Crippen LogP contribution in [0.15, 0.2) is 24.3 Å². The van der Waals surface area contributed by atoms with Gasteiger partial charge in [0.25, 0.3) is 5.91 Å². The van der Waals surface area contributed by atoms with E-state index in [1.807, 2.05) is 12.1 Å². The minimum atomic E-state index is 0.0973. The van der Waals surface area contributed by atoms with E-state index in [2.05, 4.69) is 29.3 Å². The van der Waals surface area contributed by atoms with Crippen molar-refractivity contribution in [1.29, 1.82) is 0 Å². The molecule has 1 atom stereocenters. The minimum absolute atomic E-state index is 0.0973. The van der Waals surface area contributed by atoms with Crippen LogP contribution in [-0.4, -0.2) is 29.9 Å². The molecule has 1 saturated carbocycles. The van der Waals surface area contributed by atoms with Crippen LogP contribution < -0.4 is 5.32 Å². The maximum absolute atomic E-state index is 12.4. The summed E-state index contributed by atoms with van der Waals surface area (Å²) < 4.78 is 0. The van der Waals surface area contributed by atoms with Gasteiger partial charge in [0.15, 0.2) is 0 Å². The molecule has 0 spiro atoms. The fourth-order valence-corrected chi connectivity index (χ4v) is 4.14. The van der Waals surface area contributed by atoms with Crippen LogP contribution in [0.4, 0.5) is 0 Å². The Balaban J connectivity index is 1.52. The number of rotatable bonds is 4. The summed E-state index contributed by atoms with van der Waals surface area (Å²) in [4.78, 5) is 15.0. The van der Waals surface area contributed by atoms with Gasteiger partial charge in [-0.3, -0.25) is 9.69 Å². The molecule has 0 bridgehead atoms. The smallest absolute Gasteiger partial charge is 0.251 e. The number of carbonyl (C=O) groups excluding carboxylic acids is 1. The first kappa shape index (κ1) is 17.5. The second-order valence-electron chi connectivity index (χ2n) is 7.84. The summed E-state index contributed by atoms with van der Waals surface area (Å²) in [5, 5.41) is 3.23. The molecule has 1 aliphatic carbocycles. The standard InChI is InChI=1S/C21H32N2O/c1-17-7-6-14-23(15-17)16-18-10-12-19(13-11-18)21(24)22-20-8-4-2-3-5-9-20/h10-13,17,20H,2-9,14-16H2,1H3,(H,22,24). The summed E-state index contributed by atoms with van der Waals surface area (Å²) in [7, 11) is 0. The second-order valence-corrected chi connectivity index (χ2v) is 7.84. The molecular formula is C21H32N2O. The van der Waals surface area contributed by atoms with E-state index in [-0.39, 0.29) is 5.91 Å². The first-order valence-corrected chi connectivity index (χ1v) is 9.83. The largest absolute Gasteiger partial charge is 0.349 e. The molecule has 24 heavy (non-hydrogen) atoms. The molecule has 3 nitrogen and oxygen atoms in total. The summed E-state index contributed by atoms with van der Waals surface area (Å²) in [6.45, 7) is 5.75. The van der Waals surface area contributed by atoms with E-state index >= 15 is 0 Å². The van der Waals surface area contributed by atoms with Crippen molar-refractivity contribution in [2.45, 2.75) is 70.9 Å². The van der Waals surface area contributed by atoms with Crippen molar-refractivity contribution in [3.63, 3.8) is 0 Å². The van der Waals surface area contributed by atoms with E-state index in [4.69, 9.17) is 0 Å². The normalized spacial score (nSPS) is 23.6. The van der Waals surface area contributed by atoms with Crippen LogP contribution in [0.1, 0.15) is 74.2 Å². The van der Waals surface area contributed by atoms with E-state index in [0.717, 1.165) is 30.9 Å². The van der Waals surface area contributed by atoms with Crippen molar-refractivity contribution >= 4 is 5.91 Å². The van der Waals surface area contributed by atoms with Crippen molar-refractivity contribution < 1.29 is 4.79 Å². The van der Waals surface area contributed by atoms with E-state index in [0.29, 0.717) is 6.04 Å². The third-order valence-corrected chi connectivity index (χ3v) is 5.55. The molecule has 0 radical (unpaired) electrons. The molecule has 0 aromatic heterocycles. The molecule has 2 aliphatic rings. The van der Waals surface area contributed by atoms with Crippen LogP contribution in [0.3, 0.4) is 0 Å². The Bertz CT molecular complexity index is 517. The number of amides is 1.